The van der Waals surface area contributed by atoms with Crippen molar-refractivity contribution < 1.29 is 0 Å². The van der Waals surface area contributed by atoms with Crippen molar-refractivity contribution in [2.75, 3.05) is 7.05 Å². The third kappa shape index (κ3) is 2.79. The van der Waals surface area contributed by atoms with Gasteiger partial charge in [-0.15, -0.1) is 0 Å². The summed E-state index contributed by atoms with van der Waals surface area (Å²) in [5, 5.41) is 7.61. The Morgan fingerprint density at radius 3 is 2.56 bits per heavy atom. The summed E-state index contributed by atoms with van der Waals surface area (Å²) in [7, 11) is 1.98. The maximum Gasteiger partial charge on any atom is 0.0568 e. The van der Waals surface area contributed by atoms with Gasteiger partial charge in [-0.1, -0.05) is 31.2 Å². The SMILES string of the molecule is CCCn1cc(-c2ccc(C(C)NC)cc2)cn1. The summed E-state index contributed by atoms with van der Waals surface area (Å²) < 4.78 is 2.00. The monoisotopic (exact) mass is 243 g/mol. The minimum Gasteiger partial charge on any atom is -0.313 e. The summed E-state index contributed by atoms with van der Waals surface area (Å²) in [5.74, 6) is 0. The smallest absolute Gasteiger partial charge is 0.0568 e. The molecule has 18 heavy (non-hydrogen) atoms. The van der Waals surface area contributed by atoms with Gasteiger partial charge in [-0.2, -0.15) is 5.10 Å². The number of aromatic nitrogens is 2. The quantitative estimate of drug-likeness (QED) is 0.873. The van der Waals surface area contributed by atoms with E-state index in [0.29, 0.717) is 6.04 Å². The summed E-state index contributed by atoms with van der Waals surface area (Å²) in [5.41, 5.74) is 3.72. The molecule has 3 nitrogen and oxygen atoms in total. The summed E-state index contributed by atoms with van der Waals surface area (Å²) >= 11 is 0. The van der Waals surface area contributed by atoms with Gasteiger partial charge in [-0.25, -0.2) is 0 Å². The molecule has 0 aliphatic heterocycles. The minimum atomic E-state index is 0.391. The molecule has 96 valence electrons. The normalized spacial score (nSPS) is 12.6. The minimum absolute atomic E-state index is 0.391. The molecule has 2 aromatic rings. The second-order valence-electron chi connectivity index (χ2n) is 4.62. The van der Waals surface area contributed by atoms with Gasteiger partial charge in [0.2, 0.25) is 0 Å². The molecule has 2 rings (SSSR count). The van der Waals surface area contributed by atoms with Crippen LogP contribution >= 0.6 is 0 Å². The topological polar surface area (TPSA) is 29.9 Å². The Labute approximate surface area is 109 Å². The number of nitrogens with one attached hydrogen (secondary N) is 1. The Morgan fingerprint density at radius 2 is 1.94 bits per heavy atom. The Balaban J connectivity index is 2.17. The fraction of sp³-hybridized carbons (Fsp3) is 0.400. The van der Waals surface area contributed by atoms with Crippen LogP contribution in [0.5, 0.6) is 0 Å². The summed E-state index contributed by atoms with van der Waals surface area (Å²) in [6.45, 7) is 5.30. The van der Waals surface area contributed by atoms with Crippen LogP contribution in [0.3, 0.4) is 0 Å². The first-order chi connectivity index (χ1) is 8.74. The molecule has 1 aromatic carbocycles. The zero-order valence-electron chi connectivity index (χ0n) is 11.4. The van der Waals surface area contributed by atoms with Crippen molar-refractivity contribution in [3.63, 3.8) is 0 Å². The highest BCUT2D eigenvalue weighted by Crippen LogP contribution is 2.21. The average molecular weight is 243 g/mol. The van der Waals surface area contributed by atoms with E-state index in [4.69, 9.17) is 0 Å². The van der Waals surface area contributed by atoms with Crippen LogP contribution in [-0.2, 0) is 6.54 Å². The Hall–Kier alpha value is -1.61. The van der Waals surface area contributed by atoms with Crippen molar-refractivity contribution in [2.24, 2.45) is 0 Å². The molecule has 0 aliphatic rings. The lowest BCUT2D eigenvalue weighted by Gasteiger charge is -2.10. The van der Waals surface area contributed by atoms with Crippen LogP contribution in [0.1, 0.15) is 31.9 Å². The van der Waals surface area contributed by atoms with E-state index in [1.54, 1.807) is 0 Å². The Morgan fingerprint density at radius 1 is 1.22 bits per heavy atom. The summed E-state index contributed by atoms with van der Waals surface area (Å²) in [6.07, 6.45) is 5.16. The van der Waals surface area contributed by atoms with Crippen LogP contribution in [0.4, 0.5) is 0 Å². The fourth-order valence-electron chi connectivity index (χ4n) is 1.99. The predicted octanol–water partition coefficient (Wildman–Crippen LogP) is 3.24. The van der Waals surface area contributed by atoms with E-state index in [1.165, 1.54) is 16.7 Å². The maximum absolute atomic E-state index is 4.36. The molecule has 0 spiro atoms. The zero-order chi connectivity index (χ0) is 13.0. The van der Waals surface area contributed by atoms with E-state index >= 15 is 0 Å². The average Bonchev–Trinajstić information content (AvgIpc) is 2.87. The highest BCUT2D eigenvalue weighted by Gasteiger charge is 2.04. The van der Waals surface area contributed by atoms with E-state index in [9.17, 15) is 0 Å². The van der Waals surface area contributed by atoms with Crippen LogP contribution < -0.4 is 5.32 Å². The molecule has 0 aliphatic carbocycles. The van der Waals surface area contributed by atoms with Crippen molar-refractivity contribution in [3.8, 4) is 11.1 Å². The molecule has 0 bridgehead atoms. The number of hydrogen-bond donors (Lipinski definition) is 1. The molecule has 3 heteroatoms. The van der Waals surface area contributed by atoms with E-state index in [0.717, 1.165) is 13.0 Å². The van der Waals surface area contributed by atoms with Crippen molar-refractivity contribution in [3.05, 3.63) is 42.2 Å². The molecule has 0 saturated carbocycles. The molecule has 0 radical (unpaired) electrons. The van der Waals surface area contributed by atoms with Gasteiger partial charge in [0.1, 0.15) is 0 Å². The lowest BCUT2D eigenvalue weighted by molar-refractivity contribution is 0.603. The summed E-state index contributed by atoms with van der Waals surface area (Å²) in [6, 6.07) is 9.07. The van der Waals surface area contributed by atoms with Crippen molar-refractivity contribution in [2.45, 2.75) is 32.9 Å². The molecular formula is C15H21N3. The van der Waals surface area contributed by atoms with Crippen LogP contribution in [0, 0.1) is 0 Å². The molecule has 1 aromatic heterocycles. The number of hydrogen-bond acceptors (Lipinski definition) is 2. The zero-order valence-corrected chi connectivity index (χ0v) is 11.4. The van der Waals surface area contributed by atoms with Crippen molar-refractivity contribution in [1.29, 1.82) is 0 Å². The molecular weight excluding hydrogens is 222 g/mol. The number of rotatable bonds is 5. The van der Waals surface area contributed by atoms with Crippen LogP contribution in [0.25, 0.3) is 11.1 Å². The van der Waals surface area contributed by atoms with Gasteiger partial charge < -0.3 is 5.32 Å². The third-order valence-electron chi connectivity index (χ3n) is 3.26. The van der Waals surface area contributed by atoms with E-state index in [2.05, 4.69) is 54.7 Å². The van der Waals surface area contributed by atoms with E-state index in [1.807, 2.05) is 17.9 Å². The van der Waals surface area contributed by atoms with Gasteiger partial charge in [0.25, 0.3) is 0 Å². The van der Waals surface area contributed by atoms with Gasteiger partial charge in [0.05, 0.1) is 6.20 Å². The van der Waals surface area contributed by atoms with Crippen LogP contribution in [-0.4, -0.2) is 16.8 Å². The Kier molecular flexibility index (Phi) is 4.15. The number of aryl methyl sites for hydroxylation is 1. The third-order valence-corrected chi connectivity index (χ3v) is 3.26. The molecule has 0 amide bonds. The first-order valence-electron chi connectivity index (χ1n) is 6.54. The molecule has 1 atom stereocenters. The lowest BCUT2D eigenvalue weighted by atomic mass is 10.0. The molecule has 0 saturated heterocycles. The fourth-order valence-corrected chi connectivity index (χ4v) is 1.99. The maximum atomic E-state index is 4.36. The molecule has 1 N–H and O–H groups in total. The van der Waals surface area contributed by atoms with Crippen LogP contribution in [0.15, 0.2) is 36.7 Å². The Bertz CT molecular complexity index is 485. The first-order valence-corrected chi connectivity index (χ1v) is 6.54. The first kappa shape index (κ1) is 12.8. The van der Waals surface area contributed by atoms with E-state index in [-0.39, 0.29) is 0 Å². The summed E-state index contributed by atoms with van der Waals surface area (Å²) in [4.78, 5) is 0. The standard InChI is InChI=1S/C15H21N3/c1-4-9-18-11-15(10-17-18)14-7-5-13(6-8-14)12(2)16-3/h5-8,10-12,16H,4,9H2,1-3H3. The predicted molar refractivity (Wildman–Crippen MR) is 75.4 cm³/mol. The highest BCUT2D eigenvalue weighted by molar-refractivity contribution is 5.62. The van der Waals surface area contributed by atoms with Crippen molar-refractivity contribution >= 4 is 0 Å². The van der Waals surface area contributed by atoms with Gasteiger partial charge in [-0.3, -0.25) is 4.68 Å². The second kappa shape index (κ2) is 5.83. The number of benzene rings is 1. The molecule has 0 fully saturated rings. The van der Waals surface area contributed by atoms with Gasteiger partial charge >= 0.3 is 0 Å². The van der Waals surface area contributed by atoms with E-state index < -0.39 is 0 Å². The van der Waals surface area contributed by atoms with Gasteiger partial charge in [0.15, 0.2) is 0 Å². The second-order valence-corrected chi connectivity index (χ2v) is 4.62. The van der Waals surface area contributed by atoms with Crippen molar-refractivity contribution in [1.82, 2.24) is 15.1 Å². The molecule has 1 unspecified atom stereocenters. The van der Waals surface area contributed by atoms with Crippen LogP contribution in [0.2, 0.25) is 0 Å². The van der Waals surface area contributed by atoms with Gasteiger partial charge in [-0.05, 0) is 31.5 Å². The lowest BCUT2D eigenvalue weighted by Crippen LogP contribution is -2.11. The largest absolute Gasteiger partial charge is 0.313 e. The van der Waals surface area contributed by atoms with Gasteiger partial charge in [0, 0.05) is 24.3 Å². The number of nitrogens with zero attached hydrogens (tertiary/aromatic N) is 2. The highest BCUT2D eigenvalue weighted by atomic mass is 15.3. The molecule has 1 heterocycles.